The number of rotatable bonds is 2. The van der Waals surface area contributed by atoms with Gasteiger partial charge in [-0.15, -0.1) is 0 Å². The van der Waals surface area contributed by atoms with Gasteiger partial charge in [-0.25, -0.2) is 13.8 Å². The molecular weight excluding hydrogens is 390 g/mol. The number of hydrogen-bond donors (Lipinski definition) is 0. The summed E-state index contributed by atoms with van der Waals surface area (Å²) >= 11 is 0. The van der Waals surface area contributed by atoms with Gasteiger partial charge < -0.3 is 4.42 Å². The molecule has 0 unspecified atom stereocenters. The van der Waals surface area contributed by atoms with Crippen molar-refractivity contribution in [3.8, 4) is 0 Å². The Hall–Kier alpha value is -3.87. The number of nitrogens with zero attached hydrogens (tertiary/aromatic N) is 2. The van der Waals surface area contributed by atoms with Crippen LogP contribution < -0.4 is 10.3 Å². The summed E-state index contributed by atoms with van der Waals surface area (Å²) in [5.74, 6) is -1.38. The number of aryl methyl sites for hydroxylation is 1. The molecule has 0 aliphatic carbocycles. The Balaban J connectivity index is 1.83. The van der Waals surface area contributed by atoms with Gasteiger partial charge in [0.2, 0.25) is 5.76 Å². The third-order valence-electron chi connectivity index (χ3n) is 5.17. The minimum Gasteiger partial charge on any atom is -0.450 e. The smallest absolute Gasteiger partial charge is 0.296 e. The molecule has 1 aliphatic heterocycles. The van der Waals surface area contributed by atoms with Gasteiger partial charge in [0, 0.05) is 6.20 Å². The fraction of sp³-hybridized carbons (Fsp3) is 0.0870. The van der Waals surface area contributed by atoms with Crippen molar-refractivity contribution >= 4 is 22.7 Å². The van der Waals surface area contributed by atoms with Crippen LogP contribution >= 0.6 is 0 Å². The third-order valence-corrected chi connectivity index (χ3v) is 5.17. The number of amides is 1. The van der Waals surface area contributed by atoms with E-state index in [0.717, 1.165) is 17.7 Å². The summed E-state index contributed by atoms with van der Waals surface area (Å²) in [6.07, 6.45) is 1.56. The summed E-state index contributed by atoms with van der Waals surface area (Å²) in [6.45, 7) is 1.85. The van der Waals surface area contributed by atoms with Gasteiger partial charge in [0.05, 0.1) is 17.0 Å². The van der Waals surface area contributed by atoms with Crippen molar-refractivity contribution < 1.29 is 18.0 Å². The zero-order valence-electron chi connectivity index (χ0n) is 15.7. The van der Waals surface area contributed by atoms with Crippen molar-refractivity contribution in [2.45, 2.75) is 13.0 Å². The molecule has 1 aliphatic rings. The number of anilines is 1. The van der Waals surface area contributed by atoms with Crippen LogP contribution in [0.25, 0.3) is 11.0 Å². The first-order chi connectivity index (χ1) is 14.4. The Bertz CT molecular complexity index is 1380. The van der Waals surface area contributed by atoms with E-state index in [-0.39, 0.29) is 22.3 Å². The second-order valence-electron chi connectivity index (χ2n) is 7.14. The fourth-order valence-electron chi connectivity index (χ4n) is 3.79. The van der Waals surface area contributed by atoms with Crippen molar-refractivity contribution in [3.05, 3.63) is 105 Å². The van der Waals surface area contributed by atoms with Crippen LogP contribution in [0.3, 0.4) is 0 Å². The van der Waals surface area contributed by atoms with Crippen LogP contribution in [0, 0.1) is 18.6 Å². The number of halogens is 2. The Labute approximate surface area is 169 Å². The third kappa shape index (κ3) is 2.70. The highest BCUT2D eigenvalue weighted by Gasteiger charge is 2.44. The maximum Gasteiger partial charge on any atom is 0.296 e. The number of pyridine rings is 1. The highest BCUT2D eigenvalue weighted by atomic mass is 19.1. The molecule has 30 heavy (non-hydrogen) atoms. The van der Waals surface area contributed by atoms with Gasteiger partial charge in [-0.1, -0.05) is 12.1 Å². The van der Waals surface area contributed by atoms with Crippen LogP contribution in [-0.4, -0.2) is 10.9 Å². The van der Waals surface area contributed by atoms with Crippen LogP contribution in [0.5, 0.6) is 0 Å². The lowest BCUT2D eigenvalue weighted by molar-refractivity contribution is 0.0970. The molecule has 0 bridgehead atoms. The Morgan fingerprint density at radius 3 is 2.43 bits per heavy atom. The molecule has 5 nitrogen and oxygen atoms in total. The van der Waals surface area contributed by atoms with Crippen LogP contribution in [0.15, 0.2) is 70.0 Å². The topological polar surface area (TPSA) is 63.4 Å². The normalized spacial score (nSPS) is 15.6. The van der Waals surface area contributed by atoms with Gasteiger partial charge in [0.25, 0.3) is 5.91 Å². The minimum atomic E-state index is -0.883. The molecule has 2 aromatic carbocycles. The molecule has 0 saturated carbocycles. The van der Waals surface area contributed by atoms with Gasteiger partial charge in [0.15, 0.2) is 5.43 Å². The molecule has 0 fully saturated rings. The van der Waals surface area contributed by atoms with Crippen molar-refractivity contribution in [2.75, 3.05) is 4.90 Å². The molecular formula is C23H14F2N2O3. The number of aromatic nitrogens is 1. The lowest BCUT2D eigenvalue weighted by Gasteiger charge is -2.24. The van der Waals surface area contributed by atoms with Gasteiger partial charge in [-0.3, -0.25) is 14.5 Å². The van der Waals surface area contributed by atoms with Gasteiger partial charge in [-0.05, 0) is 60.5 Å². The van der Waals surface area contributed by atoms with Crippen molar-refractivity contribution in [1.29, 1.82) is 0 Å². The highest BCUT2D eigenvalue weighted by Crippen LogP contribution is 2.40. The van der Waals surface area contributed by atoms with Gasteiger partial charge in [0.1, 0.15) is 23.0 Å². The highest BCUT2D eigenvalue weighted by molar-refractivity contribution is 6.10. The van der Waals surface area contributed by atoms with E-state index in [1.807, 2.05) is 6.92 Å². The maximum atomic E-state index is 13.8. The van der Waals surface area contributed by atoms with E-state index in [1.165, 1.54) is 35.2 Å². The Morgan fingerprint density at radius 1 is 0.967 bits per heavy atom. The standard InChI is InChI=1S/C23H14F2N2O3/c1-12-8-9-26-18(10-12)27-20(13-2-4-14(24)5-3-13)19-21(28)16-11-15(25)6-7-17(16)30-22(19)23(27)29/h2-11,20H,1H3/t20-/m1/s1. The predicted octanol–water partition coefficient (Wildman–Crippen LogP) is 4.52. The number of hydrogen-bond acceptors (Lipinski definition) is 4. The van der Waals surface area contributed by atoms with E-state index in [1.54, 1.807) is 18.3 Å². The van der Waals surface area contributed by atoms with Crippen molar-refractivity contribution in [1.82, 2.24) is 4.98 Å². The molecule has 1 atom stereocenters. The Morgan fingerprint density at radius 2 is 1.70 bits per heavy atom. The SMILES string of the molecule is Cc1ccnc(N2C(=O)c3oc4ccc(F)cc4c(=O)c3[C@H]2c2ccc(F)cc2)c1. The molecule has 5 rings (SSSR count). The van der Waals surface area contributed by atoms with Crippen LogP contribution in [0.4, 0.5) is 14.6 Å². The number of fused-ring (bicyclic) bond motifs is 2. The molecule has 1 amide bonds. The monoisotopic (exact) mass is 404 g/mol. The number of carbonyl (C=O) groups is 1. The molecule has 2 aromatic heterocycles. The maximum absolute atomic E-state index is 13.8. The van der Waals surface area contributed by atoms with E-state index >= 15 is 0 Å². The summed E-state index contributed by atoms with van der Waals surface area (Å²) in [5.41, 5.74) is 1.06. The number of benzene rings is 2. The van der Waals surface area contributed by atoms with Crippen LogP contribution in [0.2, 0.25) is 0 Å². The summed E-state index contributed by atoms with van der Waals surface area (Å²) in [4.78, 5) is 32.3. The quantitative estimate of drug-likeness (QED) is 0.493. The zero-order valence-corrected chi connectivity index (χ0v) is 15.7. The van der Waals surface area contributed by atoms with Crippen LogP contribution in [-0.2, 0) is 0 Å². The summed E-state index contributed by atoms with van der Waals surface area (Å²) < 4.78 is 33.1. The summed E-state index contributed by atoms with van der Waals surface area (Å²) in [7, 11) is 0. The second kappa shape index (κ2) is 6.59. The van der Waals surface area contributed by atoms with E-state index in [9.17, 15) is 18.4 Å². The predicted molar refractivity (Wildman–Crippen MR) is 106 cm³/mol. The first-order valence-corrected chi connectivity index (χ1v) is 9.22. The van der Waals surface area contributed by atoms with Gasteiger partial charge >= 0.3 is 0 Å². The molecule has 4 aromatic rings. The largest absolute Gasteiger partial charge is 0.450 e. The molecule has 0 radical (unpaired) electrons. The van der Waals surface area contributed by atoms with E-state index < -0.39 is 29.0 Å². The molecule has 0 N–H and O–H groups in total. The Kier molecular flexibility index (Phi) is 3.99. The van der Waals surface area contributed by atoms with E-state index in [4.69, 9.17) is 4.42 Å². The van der Waals surface area contributed by atoms with E-state index in [2.05, 4.69) is 4.98 Å². The van der Waals surface area contributed by atoms with Crippen molar-refractivity contribution in [2.24, 2.45) is 0 Å². The first-order valence-electron chi connectivity index (χ1n) is 9.22. The van der Waals surface area contributed by atoms with Gasteiger partial charge in [-0.2, -0.15) is 0 Å². The summed E-state index contributed by atoms with van der Waals surface area (Å²) in [5, 5.41) is 0.0349. The van der Waals surface area contributed by atoms with Crippen LogP contribution in [0.1, 0.15) is 33.3 Å². The van der Waals surface area contributed by atoms with E-state index in [0.29, 0.717) is 11.4 Å². The fourth-order valence-corrected chi connectivity index (χ4v) is 3.79. The lowest BCUT2D eigenvalue weighted by Crippen LogP contribution is -2.30. The average molecular weight is 404 g/mol. The number of carbonyl (C=O) groups excluding carboxylic acids is 1. The molecule has 7 heteroatoms. The van der Waals surface area contributed by atoms with Crippen molar-refractivity contribution in [3.63, 3.8) is 0 Å². The average Bonchev–Trinajstić information content (AvgIpc) is 3.02. The first kappa shape index (κ1) is 18.2. The minimum absolute atomic E-state index is 0.0349. The molecule has 3 heterocycles. The summed E-state index contributed by atoms with van der Waals surface area (Å²) in [6, 6.07) is 11.7. The zero-order chi connectivity index (χ0) is 21.0. The molecule has 0 saturated heterocycles. The lowest BCUT2D eigenvalue weighted by atomic mass is 9.98. The molecule has 148 valence electrons. The second-order valence-corrected chi connectivity index (χ2v) is 7.14. The molecule has 0 spiro atoms.